The molecule has 6 rings (SSSR count). The van der Waals surface area contributed by atoms with E-state index in [0.29, 0.717) is 0 Å². The van der Waals surface area contributed by atoms with Crippen LogP contribution in [0, 0.1) is 22.9 Å². The second kappa shape index (κ2) is 11.7. The Morgan fingerprint density at radius 2 is 0.818 bits per heavy atom. The third kappa shape index (κ3) is 4.90. The Kier molecular flexibility index (Phi) is 8.04. The molecular weight excluding hydrogens is 565 g/mol. The molecule has 0 aliphatic carbocycles. The Balaban J connectivity index is 1.50. The van der Waals surface area contributed by atoms with E-state index in [1.165, 1.54) is 90.4 Å². The van der Waals surface area contributed by atoms with Crippen LogP contribution >= 0.6 is 0 Å². The van der Waals surface area contributed by atoms with Crippen LogP contribution in [0.15, 0.2) is 60.7 Å². The normalized spacial score (nSPS) is 12.3. The highest BCUT2D eigenvalue weighted by Crippen LogP contribution is 2.36. The minimum atomic E-state index is -1.51. The maximum atomic E-state index is 3.80. The summed E-state index contributed by atoms with van der Waals surface area (Å²) in [5.74, 6) is 7.26. The number of fused-ring (bicyclic) bond motifs is 7. The van der Waals surface area contributed by atoms with Crippen molar-refractivity contribution in [3.63, 3.8) is 0 Å². The smallest absolute Gasteiger partial charge is 0.138 e. The van der Waals surface area contributed by atoms with Gasteiger partial charge in [0.05, 0.1) is 11.4 Å². The lowest BCUT2D eigenvalue weighted by Gasteiger charge is -2.20. The van der Waals surface area contributed by atoms with E-state index in [0.717, 1.165) is 11.4 Å². The fraction of sp³-hybridized carbons (Fsp3) is 0.350. The van der Waals surface area contributed by atoms with Crippen molar-refractivity contribution in [2.45, 2.75) is 77.8 Å². The van der Waals surface area contributed by atoms with Gasteiger partial charge in [0.25, 0.3) is 0 Å². The molecule has 0 saturated carbocycles. The lowest BCUT2D eigenvalue weighted by Crippen LogP contribution is -2.29. The number of benzene rings is 4. The molecule has 44 heavy (non-hydrogen) atoms. The minimum Gasteiger partial charge on any atom is -0.337 e. The summed E-state index contributed by atoms with van der Waals surface area (Å²) in [6.07, 6.45) is 0. The van der Waals surface area contributed by atoms with Crippen molar-refractivity contribution >= 4 is 70.3 Å². The fourth-order valence-corrected chi connectivity index (χ4v) is 12.1. The molecule has 0 saturated heterocycles. The van der Waals surface area contributed by atoms with Crippen molar-refractivity contribution in [2.24, 2.45) is 14.1 Å². The molecule has 2 heterocycles. The molecule has 2 nitrogen and oxygen atoms in total. The van der Waals surface area contributed by atoms with Gasteiger partial charge in [0, 0.05) is 35.9 Å². The first-order chi connectivity index (χ1) is 21.2. The third-order valence-electron chi connectivity index (χ3n) is 11.1. The van der Waals surface area contributed by atoms with Crippen molar-refractivity contribution in [2.75, 3.05) is 0 Å². The van der Waals surface area contributed by atoms with Gasteiger partial charge in [0.2, 0.25) is 0 Å². The van der Waals surface area contributed by atoms with Gasteiger partial charge >= 0.3 is 0 Å². The predicted octanol–water partition coefficient (Wildman–Crippen LogP) is 10.9. The van der Waals surface area contributed by atoms with Gasteiger partial charge in [0.1, 0.15) is 16.1 Å². The number of hydrogen-bond acceptors (Lipinski definition) is 0. The topological polar surface area (TPSA) is 9.86 Å². The van der Waals surface area contributed by atoms with Crippen LogP contribution in [0.3, 0.4) is 0 Å². The number of nitrogens with zero attached hydrogens (tertiary/aromatic N) is 2. The van der Waals surface area contributed by atoms with E-state index in [1.54, 1.807) is 0 Å². The summed E-state index contributed by atoms with van der Waals surface area (Å²) < 4.78 is 4.59. The van der Waals surface area contributed by atoms with Crippen LogP contribution in [0.1, 0.15) is 52.9 Å². The van der Waals surface area contributed by atoms with Crippen LogP contribution in [0.5, 0.6) is 0 Å². The first-order valence-electron chi connectivity index (χ1n) is 16.7. The standard InChI is InChI=1S/C40H46N2Si2/c1-9-43(10-2,11-3)21-19-33-25-31-23-29-15-17-36-35(37(29)27-39(31)41(33)7)18-16-30-24-32-26-34(42(8)40(32)28-38(30)36)20-22-44(12-4,13-5)14-6/h15-18,23-28H,9-14H2,1-8H3. The zero-order valence-electron chi connectivity index (χ0n) is 27.9. The van der Waals surface area contributed by atoms with Crippen LogP contribution in [0.25, 0.3) is 54.1 Å². The summed E-state index contributed by atoms with van der Waals surface area (Å²) in [5.41, 5.74) is 12.3. The van der Waals surface area contributed by atoms with E-state index in [4.69, 9.17) is 0 Å². The molecule has 0 unspecified atom stereocenters. The van der Waals surface area contributed by atoms with E-state index >= 15 is 0 Å². The highest BCUT2D eigenvalue weighted by atomic mass is 28.3. The van der Waals surface area contributed by atoms with Crippen molar-refractivity contribution in [3.8, 4) is 22.9 Å². The van der Waals surface area contributed by atoms with E-state index in [1.807, 2.05) is 0 Å². The summed E-state index contributed by atoms with van der Waals surface area (Å²) in [7, 11) is 1.34. The summed E-state index contributed by atoms with van der Waals surface area (Å²) in [6.45, 7) is 13.9. The van der Waals surface area contributed by atoms with Crippen molar-refractivity contribution in [1.82, 2.24) is 9.13 Å². The first kappa shape index (κ1) is 30.3. The predicted molar refractivity (Wildman–Crippen MR) is 200 cm³/mol. The molecule has 0 aliphatic rings. The molecule has 0 radical (unpaired) electrons. The van der Waals surface area contributed by atoms with Crippen LogP contribution < -0.4 is 0 Å². The molecule has 4 heteroatoms. The number of hydrogen-bond donors (Lipinski definition) is 0. The number of aryl methyl sites for hydroxylation is 2. The molecule has 0 aliphatic heterocycles. The molecule has 2 aromatic heterocycles. The first-order valence-corrected chi connectivity index (χ1v) is 21.9. The average Bonchev–Trinajstić information content (AvgIpc) is 3.54. The number of aromatic nitrogens is 2. The third-order valence-corrected chi connectivity index (χ3v) is 20.6. The van der Waals surface area contributed by atoms with E-state index in [9.17, 15) is 0 Å². The second-order valence-electron chi connectivity index (χ2n) is 12.8. The Labute approximate surface area is 265 Å². The van der Waals surface area contributed by atoms with Gasteiger partial charge in [0.15, 0.2) is 0 Å². The summed E-state index contributed by atoms with van der Waals surface area (Å²) in [5, 5.41) is 10.3. The average molecular weight is 611 g/mol. The van der Waals surface area contributed by atoms with Gasteiger partial charge in [-0.05, 0) is 105 Å². The van der Waals surface area contributed by atoms with Gasteiger partial charge in [-0.3, -0.25) is 0 Å². The highest BCUT2D eigenvalue weighted by Gasteiger charge is 2.25. The molecule has 0 N–H and O–H groups in total. The lowest BCUT2D eigenvalue weighted by atomic mass is 9.95. The van der Waals surface area contributed by atoms with Crippen molar-refractivity contribution in [3.05, 3.63) is 72.1 Å². The SMILES string of the molecule is CC[Si](C#Cc1cc2cc3ccc4c5cc6c(cc(C#C[Si](CC)(CC)CC)n6C)cc5ccc4c3cc2n1C)(CC)CC. The second-order valence-corrected chi connectivity index (χ2v) is 22.7. The zero-order chi connectivity index (χ0) is 31.2. The summed E-state index contributed by atoms with van der Waals surface area (Å²) in [6, 6.07) is 30.6. The molecule has 0 atom stereocenters. The fourth-order valence-electron chi connectivity index (χ4n) is 7.21. The van der Waals surface area contributed by atoms with Crippen LogP contribution in [0.2, 0.25) is 36.3 Å². The Morgan fingerprint density at radius 3 is 1.16 bits per heavy atom. The van der Waals surface area contributed by atoms with E-state index in [2.05, 4.69) is 148 Å². The molecule has 0 amide bonds. The maximum absolute atomic E-state index is 3.80. The van der Waals surface area contributed by atoms with Gasteiger partial charge in [-0.1, -0.05) is 77.6 Å². The monoisotopic (exact) mass is 610 g/mol. The molecule has 6 aromatic rings. The van der Waals surface area contributed by atoms with E-state index in [-0.39, 0.29) is 0 Å². The molecule has 224 valence electrons. The van der Waals surface area contributed by atoms with Gasteiger partial charge in [-0.25, -0.2) is 0 Å². The summed E-state index contributed by atoms with van der Waals surface area (Å²) >= 11 is 0. The molecule has 4 aromatic carbocycles. The highest BCUT2D eigenvalue weighted by molar-refractivity contribution is 6.87. The summed E-state index contributed by atoms with van der Waals surface area (Å²) in [4.78, 5) is 0. The zero-order valence-corrected chi connectivity index (χ0v) is 29.9. The van der Waals surface area contributed by atoms with Crippen LogP contribution in [-0.2, 0) is 14.1 Å². The maximum Gasteiger partial charge on any atom is 0.138 e. The van der Waals surface area contributed by atoms with Crippen LogP contribution in [-0.4, -0.2) is 25.3 Å². The Hall–Kier alpha value is -3.71. The number of rotatable bonds is 6. The molecule has 0 spiro atoms. The van der Waals surface area contributed by atoms with E-state index < -0.39 is 16.1 Å². The van der Waals surface area contributed by atoms with Crippen LogP contribution in [0.4, 0.5) is 0 Å². The molecular formula is C40H46N2Si2. The quantitative estimate of drug-likeness (QED) is 0.101. The van der Waals surface area contributed by atoms with Crippen molar-refractivity contribution < 1.29 is 0 Å². The lowest BCUT2D eigenvalue weighted by molar-refractivity contribution is 0.952. The Bertz CT molecular complexity index is 2010. The van der Waals surface area contributed by atoms with Gasteiger partial charge < -0.3 is 9.13 Å². The van der Waals surface area contributed by atoms with Crippen molar-refractivity contribution in [1.29, 1.82) is 0 Å². The Morgan fingerprint density at radius 1 is 0.455 bits per heavy atom. The van der Waals surface area contributed by atoms with Gasteiger partial charge in [-0.15, -0.1) is 11.1 Å². The van der Waals surface area contributed by atoms with Gasteiger partial charge in [-0.2, -0.15) is 0 Å². The molecule has 0 fully saturated rings. The largest absolute Gasteiger partial charge is 0.337 e. The molecule has 0 bridgehead atoms. The minimum absolute atomic E-state index is 1.12.